The summed E-state index contributed by atoms with van der Waals surface area (Å²) in [5.41, 5.74) is 1.75. The minimum atomic E-state index is -0.411. The number of carbonyl (C=O) groups is 1. The molecule has 0 unspecified atom stereocenters. The van der Waals surface area contributed by atoms with E-state index in [0.717, 1.165) is 11.1 Å². The van der Waals surface area contributed by atoms with Crippen LogP contribution in [0.5, 0.6) is 5.75 Å². The zero-order valence-electron chi connectivity index (χ0n) is 13.9. The van der Waals surface area contributed by atoms with Crippen molar-refractivity contribution in [1.82, 2.24) is 5.32 Å². The maximum absolute atomic E-state index is 12.3. The minimum absolute atomic E-state index is 0.0417. The summed E-state index contributed by atoms with van der Waals surface area (Å²) < 4.78 is 5.29. The van der Waals surface area contributed by atoms with E-state index in [1.165, 1.54) is 6.08 Å². The number of hydrogen-bond donors (Lipinski definition) is 1. The molecule has 2 aromatic carbocycles. The van der Waals surface area contributed by atoms with E-state index >= 15 is 0 Å². The van der Waals surface area contributed by atoms with E-state index in [4.69, 9.17) is 11.2 Å². The molecule has 1 amide bonds. The Kier molecular flexibility index (Phi) is 6.39. The Morgan fingerprint density at radius 2 is 1.92 bits per heavy atom. The molecule has 4 nitrogen and oxygen atoms in total. The van der Waals surface area contributed by atoms with Gasteiger partial charge >= 0.3 is 0 Å². The van der Waals surface area contributed by atoms with Crippen LogP contribution < -0.4 is 10.1 Å². The first-order valence-corrected chi connectivity index (χ1v) is 7.78. The Balaban J connectivity index is 2.07. The smallest absolute Gasteiger partial charge is 0.262 e. The predicted molar refractivity (Wildman–Crippen MR) is 97.4 cm³/mol. The van der Waals surface area contributed by atoms with Gasteiger partial charge in [0.15, 0.2) is 0 Å². The van der Waals surface area contributed by atoms with Crippen molar-refractivity contribution >= 4 is 12.0 Å². The third kappa shape index (κ3) is 5.27. The molecule has 124 valence electrons. The van der Waals surface area contributed by atoms with Crippen molar-refractivity contribution in [2.45, 2.75) is 13.0 Å². The molecule has 0 aliphatic heterocycles. The maximum atomic E-state index is 12.3. The molecule has 0 spiro atoms. The Hall–Kier alpha value is -3.50. The maximum Gasteiger partial charge on any atom is 0.262 e. The largest absolute Gasteiger partial charge is 0.481 e. The molecule has 0 aliphatic carbocycles. The van der Waals surface area contributed by atoms with Crippen LogP contribution in [-0.2, 0) is 4.79 Å². The predicted octanol–water partition coefficient (Wildman–Crippen LogP) is 3.48. The van der Waals surface area contributed by atoms with E-state index in [2.05, 4.69) is 11.2 Å². The highest BCUT2D eigenvalue weighted by atomic mass is 16.5. The molecule has 0 aromatic heterocycles. The van der Waals surface area contributed by atoms with Gasteiger partial charge in [0.1, 0.15) is 24.0 Å². The average molecular weight is 330 g/mol. The van der Waals surface area contributed by atoms with Crippen molar-refractivity contribution < 1.29 is 9.53 Å². The number of carbonyl (C=O) groups excluding carboxylic acids is 1. The van der Waals surface area contributed by atoms with E-state index in [1.807, 2.05) is 43.3 Å². The summed E-state index contributed by atoms with van der Waals surface area (Å²) in [6, 6.07) is 18.3. The highest BCUT2D eigenvalue weighted by Crippen LogP contribution is 2.16. The zero-order valence-corrected chi connectivity index (χ0v) is 13.9. The number of rotatable bonds is 6. The van der Waals surface area contributed by atoms with Crippen molar-refractivity contribution in [3.05, 3.63) is 71.3 Å². The molecule has 1 N–H and O–H groups in total. The van der Waals surface area contributed by atoms with Crippen molar-refractivity contribution in [2.75, 3.05) is 6.61 Å². The lowest BCUT2D eigenvalue weighted by atomic mass is 10.1. The molecular formula is C21H18N2O2. The topological polar surface area (TPSA) is 62.1 Å². The molecule has 2 aromatic rings. The van der Waals surface area contributed by atoms with Gasteiger partial charge in [0.25, 0.3) is 5.91 Å². The van der Waals surface area contributed by atoms with Gasteiger partial charge in [-0.2, -0.15) is 5.26 Å². The van der Waals surface area contributed by atoms with Gasteiger partial charge in [-0.05, 0) is 36.3 Å². The summed E-state index contributed by atoms with van der Waals surface area (Å²) in [6.07, 6.45) is 6.68. The lowest BCUT2D eigenvalue weighted by molar-refractivity contribution is -0.117. The average Bonchev–Trinajstić information content (AvgIpc) is 2.65. The second-order valence-corrected chi connectivity index (χ2v) is 5.34. The van der Waals surface area contributed by atoms with Gasteiger partial charge in [0.2, 0.25) is 0 Å². The standard InChI is InChI=1S/C21H18N2O2/c1-3-13-25-20-11-9-17(10-12-20)14-19(15-22)21(24)23-16(2)18-7-5-4-6-8-18/h1,4-12,14,16H,13H2,2H3,(H,23,24)/b19-14-/t16-/m0/s1. The first-order valence-electron chi connectivity index (χ1n) is 7.78. The molecule has 0 radical (unpaired) electrons. The summed E-state index contributed by atoms with van der Waals surface area (Å²) in [4.78, 5) is 12.3. The quantitative estimate of drug-likeness (QED) is 0.501. The van der Waals surface area contributed by atoms with Crippen LogP contribution >= 0.6 is 0 Å². The monoisotopic (exact) mass is 330 g/mol. The fourth-order valence-corrected chi connectivity index (χ4v) is 2.20. The molecule has 0 fully saturated rings. The van der Waals surface area contributed by atoms with Gasteiger partial charge in [0.05, 0.1) is 6.04 Å². The Bertz CT molecular complexity index is 825. The fraction of sp³-hybridized carbons (Fsp3) is 0.143. The van der Waals surface area contributed by atoms with Crippen molar-refractivity contribution in [3.63, 3.8) is 0 Å². The summed E-state index contributed by atoms with van der Waals surface area (Å²) >= 11 is 0. The van der Waals surface area contributed by atoms with E-state index < -0.39 is 5.91 Å². The molecule has 2 rings (SSSR count). The van der Waals surface area contributed by atoms with E-state index in [-0.39, 0.29) is 18.2 Å². The first kappa shape index (κ1) is 17.8. The van der Waals surface area contributed by atoms with Gasteiger partial charge in [-0.15, -0.1) is 6.42 Å². The summed E-state index contributed by atoms with van der Waals surface area (Å²) in [7, 11) is 0. The Morgan fingerprint density at radius 3 is 2.52 bits per heavy atom. The van der Waals surface area contributed by atoms with Crippen molar-refractivity contribution in [3.8, 4) is 24.2 Å². The SMILES string of the molecule is C#CCOc1ccc(/C=C(/C#N)C(=O)N[C@@H](C)c2ccccc2)cc1. The minimum Gasteiger partial charge on any atom is -0.481 e. The molecular weight excluding hydrogens is 312 g/mol. The van der Waals surface area contributed by atoms with Crippen molar-refractivity contribution in [2.24, 2.45) is 0 Å². The van der Waals surface area contributed by atoms with E-state index in [9.17, 15) is 10.1 Å². The third-order valence-corrected chi connectivity index (χ3v) is 3.53. The second kappa shape index (κ2) is 8.96. The van der Waals surface area contributed by atoms with Gasteiger partial charge in [-0.3, -0.25) is 4.79 Å². The number of nitrogens with one attached hydrogen (secondary N) is 1. The number of terminal acetylenes is 1. The molecule has 0 aliphatic rings. The molecule has 0 heterocycles. The number of hydrogen-bond acceptors (Lipinski definition) is 3. The number of amides is 1. The summed E-state index contributed by atoms with van der Waals surface area (Å²) in [5, 5.41) is 12.1. The molecule has 1 atom stereocenters. The number of nitriles is 1. The van der Waals surface area contributed by atoms with Crippen LogP contribution in [-0.4, -0.2) is 12.5 Å². The fourth-order valence-electron chi connectivity index (χ4n) is 2.20. The normalized spacial score (nSPS) is 11.7. The molecule has 0 saturated heterocycles. The van der Waals surface area contributed by atoms with E-state index in [1.54, 1.807) is 24.3 Å². The van der Waals surface area contributed by atoms with Crippen LogP contribution in [0.3, 0.4) is 0 Å². The van der Waals surface area contributed by atoms with Gasteiger partial charge < -0.3 is 10.1 Å². The molecule has 4 heteroatoms. The van der Waals surface area contributed by atoms with Crippen LogP contribution in [0, 0.1) is 23.7 Å². The van der Waals surface area contributed by atoms with Crippen LogP contribution in [0.2, 0.25) is 0 Å². The van der Waals surface area contributed by atoms with Crippen LogP contribution in [0.15, 0.2) is 60.2 Å². The second-order valence-electron chi connectivity index (χ2n) is 5.34. The molecule has 0 saturated carbocycles. The van der Waals surface area contributed by atoms with Crippen LogP contribution in [0.25, 0.3) is 6.08 Å². The number of nitrogens with zero attached hydrogens (tertiary/aromatic N) is 1. The van der Waals surface area contributed by atoms with E-state index in [0.29, 0.717) is 5.75 Å². The molecule has 0 bridgehead atoms. The highest BCUT2D eigenvalue weighted by Gasteiger charge is 2.13. The first-order chi connectivity index (χ1) is 12.1. The van der Waals surface area contributed by atoms with Crippen molar-refractivity contribution in [1.29, 1.82) is 5.26 Å². The summed E-state index contributed by atoms with van der Waals surface area (Å²) in [5.74, 6) is 2.61. The Labute approximate surface area is 147 Å². The molecule has 25 heavy (non-hydrogen) atoms. The zero-order chi connectivity index (χ0) is 18.1. The van der Waals surface area contributed by atoms with Gasteiger partial charge in [-0.1, -0.05) is 48.4 Å². The van der Waals surface area contributed by atoms with Gasteiger partial charge in [-0.25, -0.2) is 0 Å². The summed E-state index contributed by atoms with van der Waals surface area (Å²) in [6.45, 7) is 2.07. The number of ether oxygens (including phenoxy) is 1. The van der Waals surface area contributed by atoms with Crippen LogP contribution in [0.1, 0.15) is 24.1 Å². The number of benzene rings is 2. The van der Waals surface area contributed by atoms with Gasteiger partial charge in [0, 0.05) is 0 Å². The lowest BCUT2D eigenvalue weighted by Crippen LogP contribution is -2.27. The highest BCUT2D eigenvalue weighted by molar-refractivity contribution is 6.01. The van der Waals surface area contributed by atoms with Crippen LogP contribution in [0.4, 0.5) is 0 Å². The lowest BCUT2D eigenvalue weighted by Gasteiger charge is -2.13. The Morgan fingerprint density at radius 1 is 1.24 bits per heavy atom. The third-order valence-electron chi connectivity index (χ3n) is 3.53.